The number of benzene rings is 1. The topological polar surface area (TPSA) is 74.3 Å². The molecule has 0 atom stereocenters. The molecular formula is C20H27N3O4S. The van der Waals surface area contributed by atoms with Gasteiger partial charge in [-0.3, -0.25) is 5.32 Å². The summed E-state index contributed by atoms with van der Waals surface area (Å²) in [5.74, 6) is 0.803. The molecule has 2 fully saturated rings. The van der Waals surface area contributed by atoms with E-state index in [2.05, 4.69) is 16.3 Å². The third kappa shape index (κ3) is 3.90. The van der Waals surface area contributed by atoms with Crippen LogP contribution in [0.15, 0.2) is 18.2 Å². The van der Waals surface area contributed by atoms with Crippen LogP contribution in [0.4, 0.5) is 15.5 Å². The van der Waals surface area contributed by atoms with Crippen LogP contribution >= 0.6 is 11.3 Å². The number of anilines is 2. The summed E-state index contributed by atoms with van der Waals surface area (Å²) in [6.45, 7) is 6.11. The quantitative estimate of drug-likeness (QED) is 0.821. The minimum Gasteiger partial charge on any atom is -0.496 e. The van der Waals surface area contributed by atoms with Crippen LogP contribution in [0.2, 0.25) is 0 Å². The molecule has 3 heterocycles. The summed E-state index contributed by atoms with van der Waals surface area (Å²) in [4.78, 5) is 16.8. The lowest BCUT2D eigenvalue weighted by atomic mass is 9.94. The molecule has 0 radical (unpaired) electrons. The number of amides is 2. The van der Waals surface area contributed by atoms with Crippen LogP contribution in [0, 0.1) is 0 Å². The van der Waals surface area contributed by atoms with Crippen molar-refractivity contribution in [1.82, 2.24) is 4.90 Å². The summed E-state index contributed by atoms with van der Waals surface area (Å²) in [5.41, 5.74) is 0.480. The van der Waals surface area contributed by atoms with Crippen molar-refractivity contribution in [2.24, 2.45) is 0 Å². The maximum absolute atomic E-state index is 12.7. The van der Waals surface area contributed by atoms with Crippen molar-refractivity contribution in [3.8, 4) is 5.75 Å². The molecule has 2 aromatic rings. The number of morpholine rings is 1. The molecule has 0 unspecified atom stereocenters. The number of rotatable bonds is 3. The number of nitrogens with one attached hydrogen (secondary N) is 1. The van der Waals surface area contributed by atoms with Crippen LogP contribution in [0.1, 0.15) is 19.8 Å². The molecule has 4 rings (SSSR count). The number of methoxy groups -OCH3 is 1. The van der Waals surface area contributed by atoms with Crippen molar-refractivity contribution in [2.45, 2.75) is 25.4 Å². The van der Waals surface area contributed by atoms with Crippen molar-refractivity contribution in [3.63, 3.8) is 0 Å². The third-order valence-corrected chi connectivity index (χ3v) is 6.63. The van der Waals surface area contributed by atoms with Crippen LogP contribution < -0.4 is 15.0 Å². The van der Waals surface area contributed by atoms with Gasteiger partial charge in [0.1, 0.15) is 5.75 Å². The zero-order chi connectivity index (χ0) is 19.7. The summed E-state index contributed by atoms with van der Waals surface area (Å²) < 4.78 is 12.1. The smallest absolute Gasteiger partial charge is 0.322 e. The Labute approximate surface area is 168 Å². The fourth-order valence-corrected chi connectivity index (χ4v) is 4.86. The predicted molar refractivity (Wildman–Crippen MR) is 112 cm³/mol. The maximum Gasteiger partial charge on any atom is 0.322 e. The Hall–Kier alpha value is -2.03. The van der Waals surface area contributed by atoms with Gasteiger partial charge in [0.05, 0.1) is 41.3 Å². The molecule has 2 amide bonds. The molecule has 8 heteroatoms. The van der Waals surface area contributed by atoms with Crippen LogP contribution in [0.5, 0.6) is 5.75 Å². The molecule has 0 saturated carbocycles. The number of carbonyl (C=O) groups is 1. The Bertz CT molecular complexity index is 850. The normalized spacial score (nSPS) is 19.7. The first kappa shape index (κ1) is 19.3. The standard InChI is InChI=1S/C20H27N3O4S/c1-20(25)5-7-23(8-6-20)19(24)21-17-13-14-16(26-2)4-3-15(18(14)28-17)22-9-11-27-12-10-22/h3-4,13,25H,5-12H2,1-2H3,(H,21,24). The molecule has 0 aliphatic carbocycles. The molecule has 7 nitrogen and oxygen atoms in total. The molecule has 2 N–H and O–H groups in total. The zero-order valence-corrected chi connectivity index (χ0v) is 17.2. The number of urea groups is 1. The lowest BCUT2D eigenvalue weighted by Gasteiger charge is -2.35. The second-order valence-electron chi connectivity index (χ2n) is 7.65. The molecule has 1 aromatic heterocycles. The molecule has 2 aliphatic heterocycles. The highest BCUT2D eigenvalue weighted by molar-refractivity contribution is 7.23. The van der Waals surface area contributed by atoms with Gasteiger partial charge in [0.15, 0.2) is 0 Å². The first-order valence-electron chi connectivity index (χ1n) is 9.68. The van der Waals surface area contributed by atoms with Gasteiger partial charge in [-0.25, -0.2) is 4.79 Å². The van der Waals surface area contributed by atoms with Gasteiger partial charge in [-0.05, 0) is 38.0 Å². The lowest BCUT2D eigenvalue weighted by molar-refractivity contribution is 0.00571. The molecular weight excluding hydrogens is 378 g/mol. The van der Waals surface area contributed by atoms with E-state index in [1.807, 2.05) is 19.1 Å². The summed E-state index contributed by atoms with van der Waals surface area (Å²) in [6.07, 6.45) is 1.20. The first-order chi connectivity index (χ1) is 13.5. The Balaban J connectivity index is 1.57. The van der Waals surface area contributed by atoms with E-state index in [0.717, 1.165) is 52.8 Å². The molecule has 2 aliphatic rings. The summed E-state index contributed by atoms with van der Waals surface area (Å²) in [7, 11) is 1.67. The molecule has 28 heavy (non-hydrogen) atoms. The number of aliphatic hydroxyl groups is 1. The molecule has 152 valence electrons. The summed E-state index contributed by atoms with van der Waals surface area (Å²) in [6, 6.07) is 5.94. The zero-order valence-electron chi connectivity index (χ0n) is 16.4. The van der Waals surface area contributed by atoms with E-state index in [-0.39, 0.29) is 6.03 Å². The minimum absolute atomic E-state index is 0.117. The van der Waals surface area contributed by atoms with Crippen molar-refractivity contribution in [2.75, 3.05) is 56.7 Å². The second kappa shape index (κ2) is 7.77. The van der Waals surface area contributed by atoms with Gasteiger partial charge in [0.2, 0.25) is 0 Å². The van der Waals surface area contributed by atoms with Crippen molar-refractivity contribution in [3.05, 3.63) is 18.2 Å². The van der Waals surface area contributed by atoms with E-state index in [1.165, 1.54) is 0 Å². The number of fused-ring (bicyclic) bond motifs is 1. The van der Waals surface area contributed by atoms with Gasteiger partial charge < -0.3 is 24.4 Å². The fourth-order valence-electron chi connectivity index (χ4n) is 3.75. The van der Waals surface area contributed by atoms with E-state index in [0.29, 0.717) is 25.9 Å². The number of carbonyl (C=O) groups excluding carboxylic acids is 1. The van der Waals surface area contributed by atoms with E-state index in [9.17, 15) is 9.90 Å². The Morgan fingerprint density at radius 2 is 1.96 bits per heavy atom. The van der Waals surface area contributed by atoms with Gasteiger partial charge in [0.25, 0.3) is 0 Å². The van der Waals surface area contributed by atoms with Crippen LogP contribution in [-0.4, -0.2) is 68.1 Å². The van der Waals surface area contributed by atoms with Crippen LogP contribution in [-0.2, 0) is 4.74 Å². The van der Waals surface area contributed by atoms with Gasteiger partial charge in [-0.2, -0.15) is 0 Å². The molecule has 0 spiro atoms. The number of likely N-dealkylation sites (tertiary alicyclic amines) is 1. The van der Waals surface area contributed by atoms with Gasteiger partial charge in [-0.15, -0.1) is 11.3 Å². The average Bonchev–Trinajstić information content (AvgIpc) is 3.11. The van der Waals surface area contributed by atoms with E-state index in [4.69, 9.17) is 9.47 Å². The van der Waals surface area contributed by atoms with Crippen LogP contribution in [0.25, 0.3) is 10.1 Å². The number of ether oxygens (including phenoxy) is 2. The lowest BCUT2D eigenvalue weighted by Crippen LogP contribution is -2.46. The highest BCUT2D eigenvalue weighted by Gasteiger charge is 2.30. The number of thiophene rings is 1. The maximum atomic E-state index is 12.7. The van der Waals surface area contributed by atoms with E-state index >= 15 is 0 Å². The number of hydrogen-bond donors (Lipinski definition) is 2. The summed E-state index contributed by atoms with van der Waals surface area (Å²) >= 11 is 1.57. The Morgan fingerprint density at radius 3 is 2.64 bits per heavy atom. The Morgan fingerprint density at radius 1 is 1.25 bits per heavy atom. The van der Waals surface area contributed by atoms with Crippen molar-refractivity contribution < 1.29 is 19.4 Å². The van der Waals surface area contributed by atoms with E-state index < -0.39 is 5.60 Å². The average molecular weight is 406 g/mol. The molecule has 2 saturated heterocycles. The number of hydrogen-bond acceptors (Lipinski definition) is 6. The summed E-state index contributed by atoms with van der Waals surface area (Å²) in [5, 5.41) is 14.9. The molecule has 1 aromatic carbocycles. The second-order valence-corrected chi connectivity index (χ2v) is 8.71. The minimum atomic E-state index is -0.672. The van der Waals surface area contributed by atoms with E-state index in [1.54, 1.807) is 23.3 Å². The Kier molecular flexibility index (Phi) is 5.35. The number of nitrogens with zero attached hydrogens (tertiary/aromatic N) is 2. The van der Waals surface area contributed by atoms with Crippen molar-refractivity contribution in [1.29, 1.82) is 0 Å². The van der Waals surface area contributed by atoms with Crippen LogP contribution in [0.3, 0.4) is 0 Å². The highest BCUT2D eigenvalue weighted by atomic mass is 32.1. The third-order valence-electron chi connectivity index (χ3n) is 5.55. The van der Waals surface area contributed by atoms with Gasteiger partial charge >= 0.3 is 6.03 Å². The molecule has 0 bridgehead atoms. The largest absolute Gasteiger partial charge is 0.496 e. The predicted octanol–water partition coefficient (Wildman–Crippen LogP) is 3.13. The van der Waals surface area contributed by atoms with Crippen molar-refractivity contribution >= 4 is 38.1 Å². The van der Waals surface area contributed by atoms with Gasteiger partial charge in [-0.1, -0.05) is 0 Å². The van der Waals surface area contributed by atoms with Gasteiger partial charge in [0, 0.05) is 31.6 Å². The highest BCUT2D eigenvalue weighted by Crippen LogP contribution is 2.42. The fraction of sp³-hybridized carbons (Fsp3) is 0.550. The number of piperidine rings is 1. The monoisotopic (exact) mass is 405 g/mol. The SMILES string of the molecule is COc1ccc(N2CCOCC2)c2sc(NC(=O)N3CCC(C)(O)CC3)cc12. The first-order valence-corrected chi connectivity index (χ1v) is 10.5.